The summed E-state index contributed by atoms with van der Waals surface area (Å²) in [6, 6.07) is 18.1. The van der Waals surface area contributed by atoms with Gasteiger partial charge in [-0.25, -0.2) is 0 Å². The molecule has 0 aromatic heterocycles. The first-order valence-electron chi connectivity index (χ1n) is 7.02. The lowest BCUT2D eigenvalue weighted by Crippen LogP contribution is -2.27. The zero-order valence-electron chi connectivity index (χ0n) is 12.0. The van der Waals surface area contributed by atoms with Crippen LogP contribution in [-0.2, 0) is 6.54 Å². The van der Waals surface area contributed by atoms with E-state index in [1.54, 1.807) is 0 Å². The lowest BCUT2D eigenvalue weighted by molar-refractivity contribution is 0.210. The predicted molar refractivity (Wildman–Crippen MR) is 83.7 cm³/mol. The molecule has 0 unspecified atom stereocenters. The number of anilines is 1. The number of ether oxygens (including phenoxy) is 1. The Morgan fingerprint density at radius 2 is 1.85 bits per heavy atom. The summed E-state index contributed by atoms with van der Waals surface area (Å²) in [6.07, 6.45) is 0. The smallest absolute Gasteiger partial charge is 0.121 e. The van der Waals surface area contributed by atoms with Gasteiger partial charge in [0.15, 0.2) is 0 Å². The highest BCUT2D eigenvalue weighted by atomic mass is 16.5. The van der Waals surface area contributed by atoms with Gasteiger partial charge in [-0.1, -0.05) is 43.3 Å². The molecule has 0 radical (unpaired) electrons. The largest absolute Gasteiger partial charge is 0.492 e. The number of nitrogens with two attached hydrogens (primary N) is 1. The van der Waals surface area contributed by atoms with Crippen molar-refractivity contribution in [3.63, 3.8) is 0 Å². The van der Waals surface area contributed by atoms with Crippen LogP contribution in [0.25, 0.3) is 0 Å². The molecule has 0 saturated heterocycles. The molecule has 0 aliphatic rings. The molecular weight excluding hydrogens is 248 g/mol. The van der Waals surface area contributed by atoms with Gasteiger partial charge < -0.3 is 10.5 Å². The zero-order valence-corrected chi connectivity index (χ0v) is 12.0. The van der Waals surface area contributed by atoms with E-state index in [1.807, 2.05) is 30.3 Å². The summed E-state index contributed by atoms with van der Waals surface area (Å²) in [4.78, 5) is 2.36. The first-order valence-corrected chi connectivity index (χ1v) is 7.02. The molecule has 3 nitrogen and oxygen atoms in total. The third-order valence-corrected chi connectivity index (χ3v) is 3.23. The second-order valence-corrected chi connectivity index (χ2v) is 4.78. The predicted octanol–water partition coefficient (Wildman–Crippen LogP) is 3.17. The van der Waals surface area contributed by atoms with E-state index in [0.29, 0.717) is 6.61 Å². The summed E-state index contributed by atoms with van der Waals surface area (Å²) in [6.45, 7) is 5.71. The van der Waals surface area contributed by atoms with E-state index in [9.17, 15) is 0 Å². The Labute approximate surface area is 121 Å². The van der Waals surface area contributed by atoms with Crippen LogP contribution in [0.3, 0.4) is 0 Å². The highest BCUT2D eigenvalue weighted by molar-refractivity contribution is 5.43. The third kappa shape index (κ3) is 4.59. The van der Waals surface area contributed by atoms with E-state index in [-0.39, 0.29) is 0 Å². The number of nitrogens with zero attached hydrogens (tertiary/aromatic N) is 1. The van der Waals surface area contributed by atoms with Crippen molar-refractivity contribution in [1.29, 1.82) is 0 Å². The summed E-state index contributed by atoms with van der Waals surface area (Å²) in [5.74, 6) is 0.834. The van der Waals surface area contributed by atoms with E-state index in [2.05, 4.69) is 36.1 Å². The molecule has 0 heterocycles. The Morgan fingerprint density at radius 1 is 1.05 bits per heavy atom. The highest BCUT2D eigenvalue weighted by Crippen LogP contribution is 2.14. The average Bonchev–Trinajstić information content (AvgIpc) is 2.47. The fraction of sp³-hybridized carbons (Fsp3) is 0.294. The van der Waals surface area contributed by atoms with Crippen LogP contribution in [0, 0.1) is 0 Å². The van der Waals surface area contributed by atoms with Crippen LogP contribution >= 0.6 is 0 Å². The van der Waals surface area contributed by atoms with Crippen LogP contribution in [0.1, 0.15) is 12.5 Å². The van der Waals surface area contributed by atoms with Gasteiger partial charge in [0.25, 0.3) is 0 Å². The van der Waals surface area contributed by atoms with Crippen LogP contribution in [0.5, 0.6) is 5.75 Å². The standard InChI is InChI=1S/C17H22N2O/c1-2-19(14-15-7-4-3-5-8-15)11-12-20-17-10-6-9-16(18)13-17/h3-10,13H,2,11-12,14,18H2,1H3. The number of benzene rings is 2. The molecule has 2 rings (SSSR count). The van der Waals surface area contributed by atoms with Crippen molar-refractivity contribution < 1.29 is 4.74 Å². The maximum atomic E-state index is 5.74. The van der Waals surface area contributed by atoms with Gasteiger partial charge in [-0.2, -0.15) is 0 Å². The van der Waals surface area contributed by atoms with Crippen molar-refractivity contribution in [3.05, 3.63) is 60.2 Å². The number of hydrogen-bond donors (Lipinski definition) is 1. The summed E-state index contributed by atoms with van der Waals surface area (Å²) < 4.78 is 5.74. The molecule has 3 heteroatoms. The van der Waals surface area contributed by atoms with Crippen molar-refractivity contribution in [2.75, 3.05) is 25.4 Å². The monoisotopic (exact) mass is 270 g/mol. The van der Waals surface area contributed by atoms with Crippen molar-refractivity contribution in [1.82, 2.24) is 4.90 Å². The Hall–Kier alpha value is -2.00. The van der Waals surface area contributed by atoms with Crippen LogP contribution in [-0.4, -0.2) is 24.6 Å². The van der Waals surface area contributed by atoms with Crippen LogP contribution < -0.4 is 10.5 Å². The topological polar surface area (TPSA) is 38.5 Å². The first-order chi connectivity index (χ1) is 9.78. The summed E-state index contributed by atoms with van der Waals surface area (Å²) in [5.41, 5.74) is 7.80. The van der Waals surface area contributed by atoms with Crippen molar-refractivity contribution in [3.8, 4) is 5.75 Å². The fourth-order valence-corrected chi connectivity index (χ4v) is 2.09. The van der Waals surface area contributed by atoms with Gasteiger partial charge >= 0.3 is 0 Å². The molecule has 0 aliphatic heterocycles. The Morgan fingerprint density at radius 3 is 2.55 bits per heavy atom. The number of rotatable bonds is 7. The first kappa shape index (κ1) is 14.4. The molecule has 2 aromatic carbocycles. The van der Waals surface area contributed by atoms with E-state index in [0.717, 1.165) is 31.1 Å². The molecule has 0 aliphatic carbocycles. The van der Waals surface area contributed by atoms with Gasteiger partial charge in [0.1, 0.15) is 12.4 Å². The minimum absolute atomic E-state index is 0.671. The highest BCUT2D eigenvalue weighted by Gasteiger charge is 2.04. The molecule has 0 fully saturated rings. The van der Waals surface area contributed by atoms with Crippen molar-refractivity contribution in [2.45, 2.75) is 13.5 Å². The third-order valence-electron chi connectivity index (χ3n) is 3.23. The minimum atomic E-state index is 0.671. The van der Waals surface area contributed by atoms with Gasteiger partial charge in [0, 0.05) is 24.8 Å². The zero-order chi connectivity index (χ0) is 14.2. The van der Waals surface area contributed by atoms with Crippen LogP contribution in [0.4, 0.5) is 5.69 Å². The molecule has 2 aromatic rings. The summed E-state index contributed by atoms with van der Waals surface area (Å²) in [7, 11) is 0. The fourth-order valence-electron chi connectivity index (χ4n) is 2.09. The molecule has 2 N–H and O–H groups in total. The number of hydrogen-bond acceptors (Lipinski definition) is 3. The normalized spacial score (nSPS) is 10.7. The molecule has 0 spiro atoms. The lowest BCUT2D eigenvalue weighted by Gasteiger charge is -2.20. The molecule has 0 bridgehead atoms. The molecular formula is C17H22N2O. The Bertz CT molecular complexity index is 513. The molecule has 20 heavy (non-hydrogen) atoms. The summed E-state index contributed by atoms with van der Waals surface area (Å²) in [5, 5.41) is 0. The average molecular weight is 270 g/mol. The number of likely N-dealkylation sites (N-methyl/N-ethyl adjacent to an activating group) is 1. The van der Waals surface area contributed by atoms with E-state index in [4.69, 9.17) is 10.5 Å². The quantitative estimate of drug-likeness (QED) is 0.785. The van der Waals surface area contributed by atoms with Gasteiger partial charge in [-0.05, 0) is 24.2 Å². The summed E-state index contributed by atoms with van der Waals surface area (Å²) >= 11 is 0. The van der Waals surface area contributed by atoms with E-state index >= 15 is 0 Å². The molecule has 106 valence electrons. The minimum Gasteiger partial charge on any atom is -0.492 e. The van der Waals surface area contributed by atoms with Gasteiger partial charge in [-0.15, -0.1) is 0 Å². The molecule has 0 atom stereocenters. The van der Waals surface area contributed by atoms with Crippen LogP contribution in [0.15, 0.2) is 54.6 Å². The maximum Gasteiger partial charge on any atom is 0.121 e. The van der Waals surface area contributed by atoms with Crippen molar-refractivity contribution >= 4 is 5.69 Å². The lowest BCUT2D eigenvalue weighted by atomic mass is 10.2. The molecule has 0 saturated carbocycles. The van der Waals surface area contributed by atoms with Gasteiger partial charge in [0.2, 0.25) is 0 Å². The van der Waals surface area contributed by atoms with Gasteiger partial charge in [0.05, 0.1) is 0 Å². The van der Waals surface area contributed by atoms with Crippen molar-refractivity contribution in [2.24, 2.45) is 0 Å². The SMILES string of the molecule is CCN(CCOc1cccc(N)c1)Cc1ccccc1. The van der Waals surface area contributed by atoms with Gasteiger partial charge in [-0.3, -0.25) is 4.90 Å². The second-order valence-electron chi connectivity index (χ2n) is 4.78. The maximum absolute atomic E-state index is 5.74. The van der Waals surface area contributed by atoms with Crippen LogP contribution in [0.2, 0.25) is 0 Å². The van der Waals surface area contributed by atoms with E-state index in [1.165, 1.54) is 5.56 Å². The van der Waals surface area contributed by atoms with E-state index < -0.39 is 0 Å². The Kier molecular flexibility index (Phi) is 5.44. The number of nitrogen functional groups attached to an aromatic ring is 1. The molecule has 0 amide bonds. The Balaban J connectivity index is 1.79. The second kappa shape index (κ2) is 7.56.